The van der Waals surface area contributed by atoms with Crippen LogP contribution in [0, 0.1) is 5.82 Å². The quantitative estimate of drug-likeness (QED) is 0.901. The molecule has 0 radical (unpaired) electrons. The SMILES string of the molecule is CNCc1cnc(N(C)Cc2ccc(F)cc2)s1. The Morgan fingerprint density at radius 1 is 1.33 bits per heavy atom. The van der Waals surface area contributed by atoms with Gasteiger partial charge in [-0.1, -0.05) is 12.1 Å². The summed E-state index contributed by atoms with van der Waals surface area (Å²) < 4.78 is 12.8. The average Bonchev–Trinajstić information content (AvgIpc) is 2.81. The Balaban J connectivity index is 2.02. The fraction of sp³-hybridized carbons (Fsp3) is 0.308. The van der Waals surface area contributed by atoms with Gasteiger partial charge in [-0.3, -0.25) is 0 Å². The second kappa shape index (κ2) is 5.93. The molecule has 0 amide bonds. The van der Waals surface area contributed by atoms with Gasteiger partial charge in [-0.05, 0) is 24.7 Å². The lowest BCUT2D eigenvalue weighted by molar-refractivity contribution is 0.627. The first-order chi connectivity index (χ1) is 8.69. The third kappa shape index (κ3) is 3.27. The Bertz CT molecular complexity index is 495. The Labute approximate surface area is 110 Å². The lowest BCUT2D eigenvalue weighted by Gasteiger charge is -2.15. The van der Waals surface area contributed by atoms with Crippen LogP contribution in [-0.4, -0.2) is 19.1 Å². The zero-order chi connectivity index (χ0) is 13.0. The summed E-state index contributed by atoms with van der Waals surface area (Å²) in [5, 5.41) is 4.08. The Hall–Kier alpha value is -1.46. The molecule has 1 aromatic carbocycles. The molecule has 3 nitrogen and oxygen atoms in total. The second-order valence-corrected chi connectivity index (χ2v) is 5.22. The molecule has 96 valence electrons. The topological polar surface area (TPSA) is 28.2 Å². The highest BCUT2D eigenvalue weighted by Crippen LogP contribution is 2.22. The zero-order valence-corrected chi connectivity index (χ0v) is 11.3. The number of anilines is 1. The highest BCUT2D eigenvalue weighted by Gasteiger charge is 2.07. The van der Waals surface area contributed by atoms with Crippen molar-refractivity contribution in [2.24, 2.45) is 0 Å². The Morgan fingerprint density at radius 2 is 2.06 bits per heavy atom. The van der Waals surface area contributed by atoms with Crippen LogP contribution in [0.15, 0.2) is 30.5 Å². The first-order valence-electron chi connectivity index (χ1n) is 5.74. The molecule has 2 aromatic rings. The van der Waals surface area contributed by atoms with Gasteiger partial charge in [-0.25, -0.2) is 9.37 Å². The molecule has 0 bridgehead atoms. The van der Waals surface area contributed by atoms with E-state index in [1.807, 2.05) is 20.3 Å². The molecular weight excluding hydrogens is 249 g/mol. The average molecular weight is 265 g/mol. The molecule has 1 aromatic heterocycles. The van der Waals surface area contributed by atoms with Gasteiger partial charge in [-0.2, -0.15) is 0 Å². The summed E-state index contributed by atoms with van der Waals surface area (Å²) in [7, 11) is 3.91. The van der Waals surface area contributed by atoms with Crippen LogP contribution in [0.3, 0.4) is 0 Å². The standard InChI is InChI=1S/C13H16FN3S/c1-15-7-12-8-16-13(18-12)17(2)9-10-3-5-11(14)6-4-10/h3-6,8,15H,7,9H2,1-2H3. The maximum Gasteiger partial charge on any atom is 0.185 e. The van der Waals surface area contributed by atoms with Gasteiger partial charge in [0.1, 0.15) is 5.82 Å². The first-order valence-corrected chi connectivity index (χ1v) is 6.55. The third-order valence-electron chi connectivity index (χ3n) is 2.55. The minimum Gasteiger partial charge on any atom is -0.347 e. The molecule has 0 fully saturated rings. The minimum absolute atomic E-state index is 0.202. The van der Waals surface area contributed by atoms with Crippen molar-refractivity contribution >= 4 is 16.5 Å². The Morgan fingerprint density at radius 3 is 2.72 bits per heavy atom. The summed E-state index contributed by atoms with van der Waals surface area (Å²) in [6.07, 6.45) is 1.89. The summed E-state index contributed by atoms with van der Waals surface area (Å²) >= 11 is 1.67. The summed E-state index contributed by atoms with van der Waals surface area (Å²) in [4.78, 5) is 7.65. The highest BCUT2D eigenvalue weighted by molar-refractivity contribution is 7.15. The molecule has 0 spiro atoms. The van der Waals surface area contributed by atoms with Gasteiger partial charge in [0.05, 0.1) is 0 Å². The van der Waals surface area contributed by atoms with E-state index in [2.05, 4.69) is 15.2 Å². The van der Waals surface area contributed by atoms with Gasteiger partial charge in [0.25, 0.3) is 0 Å². The van der Waals surface area contributed by atoms with Crippen molar-refractivity contribution in [3.05, 3.63) is 46.7 Å². The van der Waals surface area contributed by atoms with Crippen LogP contribution in [0.1, 0.15) is 10.4 Å². The number of hydrogen-bond acceptors (Lipinski definition) is 4. The van der Waals surface area contributed by atoms with Crippen LogP contribution in [0.5, 0.6) is 0 Å². The number of nitrogens with zero attached hydrogens (tertiary/aromatic N) is 2. The third-order valence-corrected chi connectivity index (χ3v) is 3.66. The van der Waals surface area contributed by atoms with Gasteiger partial charge in [-0.15, -0.1) is 11.3 Å². The van der Waals surface area contributed by atoms with Crippen molar-refractivity contribution in [1.29, 1.82) is 0 Å². The molecule has 0 aliphatic carbocycles. The predicted octanol–water partition coefficient (Wildman–Crippen LogP) is 2.64. The lowest BCUT2D eigenvalue weighted by Crippen LogP contribution is -2.15. The lowest BCUT2D eigenvalue weighted by atomic mass is 10.2. The van der Waals surface area contributed by atoms with E-state index >= 15 is 0 Å². The van der Waals surface area contributed by atoms with E-state index in [9.17, 15) is 4.39 Å². The molecule has 0 saturated carbocycles. The highest BCUT2D eigenvalue weighted by atomic mass is 32.1. The van der Waals surface area contributed by atoms with E-state index in [0.29, 0.717) is 0 Å². The van der Waals surface area contributed by atoms with E-state index < -0.39 is 0 Å². The van der Waals surface area contributed by atoms with Crippen molar-refractivity contribution in [2.75, 3.05) is 19.0 Å². The van der Waals surface area contributed by atoms with Crippen LogP contribution in [-0.2, 0) is 13.1 Å². The predicted molar refractivity (Wildman–Crippen MR) is 73.4 cm³/mol. The van der Waals surface area contributed by atoms with Crippen molar-refractivity contribution in [3.8, 4) is 0 Å². The fourth-order valence-electron chi connectivity index (χ4n) is 1.66. The number of rotatable bonds is 5. The van der Waals surface area contributed by atoms with E-state index in [1.165, 1.54) is 17.0 Å². The van der Waals surface area contributed by atoms with E-state index in [4.69, 9.17) is 0 Å². The molecule has 2 rings (SSSR count). The molecule has 1 N–H and O–H groups in total. The van der Waals surface area contributed by atoms with Crippen LogP contribution in [0.2, 0.25) is 0 Å². The number of thiazole rings is 1. The van der Waals surface area contributed by atoms with Crippen LogP contribution < -0.4 is 10.2 Å². The van der Waals surface area contributed by atoms with Crippen LogP contribution >= 0.6 is 11.3 Å². The first kappa shape index (κ1) is 13.0. The smallest absolute Gasteiger partial charge is 0.185 e. The number of halogens is 1. The van der Waals surface area contributed by atoms with Crippen molar-refractivity contribution < 1.29 is 4.39 Å². The molecule has 18 heavy (non-hydrogen) atoms. The number of aromatic nitrogens is 1. The van der Waals surface area contributed by atoms with E-state index in [0.717, 1.165) is 23.8 Å². The summed E-state index contributed by atoms with van der Waals surface area (Å²) in [5.74, 6) is -0.202. The van der Waals surface area contributed by atoms with Crippen molar-refractivity contribution in [2.45, 2.75) is 13.1 Å². The molecule has 0 unspecified atom stereocenters. The largest absolute Gasteiger partial charge is 0.347 e. The number of benzene rings is 1. The van der Waals surface area contributed by atoms with E-state index in [1.54, 1.807) is 23.5 Å². The maximum atomic E-state index is 12.8. The van der Waals surface area contributed by atoms with Crippen LogP contribution in [0.4, 0.5) is 9.52 Å². The van der Waals surface area contributed by atoms with E-state index in [-0.39, 0.29) is 5.82 Å². The molecule has 0 saturated heterocycles. The molecule has 0 aliphatic rings. The number of nitrogens with one attached hydrogen (secondary N) is 1. The van der Waals surface area contributed by atoms with Crippen molar-refractivity contribution in [1.82, 2.24) is 10.3 Å². The van der Waals surface area contributed by atoms with Crippen LogP contribution in [0.25, 0.3) is 0 Å². The Kier molecular flexibility index (Phi) is 4.28. The van der Waals surface area contributed by atoms with Gasteiger partial charge in [0, 0.05) is 31.2 Å². The molecular formula is C13H16FN3S. The molecule has 5 heteroatoms. The summed E-state index contributed by atoms with van der Waals surface area (Å²) in [5.41, 5.74) is 1.07. The van der Waals surface area contributed by atoms with Crippen molar-refractivity contribution in [3.63, 3.8) is 0 Å². The van der Waals surface area contributed by atoms with Gasteiger partial charge >= 0.3 is 0 Å². The maximum absolute atomic E-state index is 12.8. The van der Waals surface area contributed by atoms with Gasteiger partial charge in [0.15, 0.2) is 5.13 Å². The molecule has 0 atom stereocenters. The van der Waals surface area contributed by atoms with Gasteiger partial charge < -0.3 is 10.2 Å². The summed E-state index contributed by atoms with van der Waals surface area (Å²) in [6, 6.07) is 6.57. The summed E-state index contributed by atoms with van der Waals surface area (Å²) in [6.45, 7) is 1.56. The molecule has 1 heterocycles. The fourth-order valence-corrected chi connectivity index (χ4v) is 2.54. The van der Waals surface area contributed by atoms with Gasteiger partial charge in [0.2, 0.25) is 0 Å². The minimum atomic E-state index is -0.202. The monoisotopic (exact) mass is 265 g/mol. The second-order valence-electron chi connectivity index (χ2n) is 4.12. The molecule has 0 aliphatic heterocycles. The number of hydrogen-bond donors (Lipinski definition) is 1. The normalized spacial score (nSPS) is 10.6. The zero-order valence-electron chi connectivity index (χ0n) is 10.5.